The Balaban J connectivity index is 1.26. The number of pyridine rings is 2. The van der Waals surface area contributed by atoms with Crippen LogP contribution < -0.4 is 20.5 Å². The Morgan fingerprint density at radius 1 is 1.32 bits per heavy atom. The molecule has 2 N–H and O–H groups in total. The Bertz CT molecular complexity index is 1400. The molecule has 38 heavy (non-hydrogen) atoms. The molecule has 0 aromatic carbocycles. The molecular formula is C23H25F4N7O4. The number of hydrogen-bond acceptors (Lipinski definition) is 7. The van der Waals surface area contributed by atoms with E-state index in [4.69, 9.17) is 9.47 Å². The summed E-state index contributed by atoms with van der Waals surface area (Å²) in [5.74, 6) is 0.381. The monoisotopic (exact) mass is 539 g/mol. The summed E-state index contributed by atoms with van der Waals surface area (Å²) in [6.07, 6.45) is -3.82. The van der Waals surface area contributed by atoms with Crippen LogP contribution in [0.15, 0.2) is 29.3 Å². The fourth-order valence-corrected chi connectivity index (χ4v) is 4.45. The number of aromatic amines is 1. The van der Waals surface area contributed by atoms with Crippen molar-refractivity contribution in [1.82, 2.24) is 24.6 Å². The highest BCUT2D eigenvalue weighted by Crippen LogP contribution is 2.31. The molecule has 2 fully saturated rings. The summed E-state index contributed by atoms with van der Waals surface area (Å²) in [6.45, 7) is 1.28. The maximum Gasteiger partial charge on any atom is 0.417 e. The first kappa shape index (κ1) is 25.8. The predicted molar refractivity (Wildman–Crippen MR) is 128 cm³/mol. The molecule has 5 rings (SSSR count). The van der Waals surface area contributed by atoms with E-state index in [1.54, 1.807) is 17.2 Å². The van der Waals surface area contributed by atoms with Crippen LogP contribution >= 0.6 is 0 Å². The fourth-order valence-electron chi connectivity index (χ4n) is 4.45. The minimum absolute atomic E-state index is 0.0503. The number of nitrogens with one attached hydrogen (secondary N) is 2. The van der Waals surface area contributed by atoms with Gasteiger partial charge in [-0.05, 0) is 18.6 Å². The van der Waals surface area contributed by atoms with Crippen LogP contribution in [0, 0.1) is 0 Å². The largest absolute Gasteiger partial charge is 0.468 e. The zero-order valence-corrected chi connectivity index (χ0v) is 20.5. The predicted octanol–water partition coefficient (Wildman–Crippen LogP) is 2.53. The number of aromatic nitrogens is 4. The van der Waals surface area contributed by atoms with Crippen molar-refractivity contribution >= 4 is 28.4 Å². The smallest absolute Gasteiger partial charge is 0.417 e. The number of carbonyl (C=O) groups excluding carboxylic acids is 1. The van der Waals surface area contributed by atoms with Crippen molar-refractivity contribution < 1.29 is 31.8 Å². The Kier molecular flexibility index (Phi) is 6.63. The van der Waals surface area contributed by atoms with Crippen LogP contribution in [0.25, 0.3) is 11.0 Å². The number of carbonyl (C=O) groups is 1. The minimum Gasteiger partial charge on any atom is -0.468 e. The number of alkyl halides is 4. The van der Waals surface area contributed by atoms with Crippen LogP contribution in [-0.4, -0.2) is 82.3 Å². The molecule has 11 nitrogen and oxygen atoms in total. The normalized spacial score (nSPS) is 20.3. The first-order chi connectivity index (χ1) is 18.0. The zero-order chi connectivity index (χ0) is 27.2. The molecule has 3 aromatic heterocycles. The molecule has 3 aromatic rings. The number of aryl methyl sites for hydroxylation is 1. The molecule has 204 valence electrons. The van der Waals surface area contributed by atoms with E-state index in [0.717, 1.165) is 16.5 Å². The number of nitrogens with zero attached hydrogens (tertiary/aromatic N) is 5. The molecule has 0 saturated carbocycles. The number of piperidine rings is 1. The third-order valence-electron chi connectivity index (χ3n) is 6.70. The van der Waals surface area contributed by atoms with Gasteiger partial charge in [-0.3, -0.25) is 9.89 Å². The van der Waals surface area contributed by atoms with E-state index in [2.05, 4.69) is 20.5 Å². The number of anilines is 2. The summed E-state index contributed by atoms with van der Waals surface area (Å²) < 4.78 is 66.4. The van der Waals surface area contributed by atoms with Gasteiger partial charge in [0.1, 0.15) is 18.0 Å². The third-order valence-corrected chi connectivity index (χ3v) is 6.70. The minimum atomic E-state index is -4.71. The van der Waals surface area contributed by atoms with Crippen molar-refractivity contribution in [2.24, 2.45) is 7.05 Å². The van der Waals surface area contributed by atoms with E-state index in [9.17, 15) is 22.8 Å². The Labute approximate surface area is 213 Å². The van der Waals surface area contributed by atoms with E-state index in [1.165, 1.54) is 7.05 Å². The standard InChI is InChI=1S/C23H25F4N7O4/c1-32-8-12(23(25,26)27)5-17(21(32)35)29-22(36)33(2)18-3-4-34(9-16(18)24)13-6-15-19(28-7-13)30-31-20(15)38-14-10-37-11-14/h5-8,14,16,18H,3-4,9-11H2,1-2H3,(H,29,36)(H,28,30,31). The summed E-state index contributed by atoms with van der Waals surface area (Å²) in [5, 5.41) is 9.79. The molecule has 0 spiro atoms. The van der Waals surface area contributed by atoms with E-state index in [0.29, 0.717) is 54.6 Å². The van der Waals surface area contributed by atoms with Crippen molar-refractivity contribution in [2.45, 2.75) is 30.9 Å². The highest BCUT2D eigenvalue weighted by atomic mass is 19.4. The van der Waals surface area contributed by atoms with Crippen LogP contribution in [0.4, 0.5) is 33.7 Å². The lowest BCUT2D eigenvalue weighted by Gasteiger charge is -2.39. The molecule has 5 heterocycles. The maximum absolute atomic E-state index is 15.3. The van der Waals surface area contributed by atoms with Gasteiger partial charge in [-0.1, -0.05) is 0 Å². The van der Waals surface area contributed by atoms with Crippen molar-refractivity contribution in [3.63, 3.8) is 0 Å². The molecule has 0 bridgehead atoms. The van der Waals surface area contributed by atoms with E-state index in [-0.39, 0.29) is 19.1 Å². The molecule has 2 aliphatic heterocycles. The highest BCUT2D eigenvalue weighted by molar-refractivity contribution is 5.89. The number of fused-ring (bicyclic) bond motifs is 1. The lowest BCUT2D eigenvalue weighted by atomic mass is 10.0. The summed E-state index contributed by atoms with van der Waals surface area (Å²) in [5.41, 5.74) is -1.28. The molecule has 0 radical (unpaired) electrons. The summed E-state index contributed by atoms with van der Waals surface area (Å²) >= 11 is 0. The Morgan fingerprint density at radius 3 is 2.74 bits per heavy atom. The summed E-state index contributed by atoms with van der Waals surface area (Å²) in [7, 11) is 2.49. The quantitative estimate of drug-likeness (QED) is 0.479. The van der Waals surface area contributed by atoms with Gasteiger partial charge in [0.25, 0.3) is 5.56 Å². The number of hydrogen-bond donors (Lipinski definition) is 2. The number of ether oxygens (including phenoxy) is 2. The first-order valence-corrected chi connectivity index (χ1v) is 11.8. The van der Waals surface area contributed by atoms with Gasteiger partial charge in [0.05, 0.1) is 48.6 Å². The van der Waals surface area contributed by atoms with Gasteiger partial charge in [0.15, 0.2) is 5.65 Å². The third kappa shape index (κ3) is 4.97. The SMILES string of the molecule is CN(C(=O)Nc1cc(C(F)(F)F)cn(C)c1=O)C1CCN(c2cnc3[nH]nc(OC4COC4)c3c2)CC1F. The molecule has 2 atom stereocenters. The number of halogens is 4. The van der Waals surface area contributed by atoms with Gasteiger partial charge in [0.2, 0.25) is 5.88 Å². The number of amides is 2. The second-order valence-electron chi connectivity index (χ2n) is 9.31. The molecule has 2 saturated heterocycles. The molecule has 15 heteroatoms. The van der Waals surface area contributed by atoms with Gasteiger partial charge in [-0.15, -0.1) is 5.10 Å². The van der Waals surface area contributed by atoms with E-state index >= 15 is 4.39 Å². The van der Waals surface area contributed by atoms with Crippen molar-refractivity contribution in [1.29, 1.82) is 0 Å². The van der Waals surface area contributed by atoms with Gasteiger partial charge in [0, 0.05) is 26.8 Å². The zero-order valence-electron chi connectivity index (χ0n) is 20.5. The molecule has 2 unspecified atom stereocenters. The van der Waals surface area contributed by atoms with Crippen molar-refractivity contribution in [3.05, 3.63) is 40.4 Å². The van der Waals surface area contributed by atoms with Crippen LogP contribution in [0.5, 0.6) is 5.88 Å². The highest BCUT2D eigenvalue weighted by Gasteiger charge is 2.36. The van der Waals surface area contributed by atoms with Gasteiger partial charge in [-0.25, -0.2) is 14.2 Å². The van der Waals surface area contributed by atoms with E-state index in [1.807, 2.05) is 0 Å². The summed E-state index contributed by atoms with van der Waals surface area (Å²) in [4.78, 5) is 32.2. The number of rotatable bonds is 5. The lowest BCUT2D eigenvalue weighted by molar-refractivity contribution is -0.138. The second kappa shape index (κ2) is 9.78. The average Bonchev–Trinajstić information content (AvgIpc) is 3.25. The topological polar surface area (TPSA) is 118 Å². The molecule has 2 amide bonds. The average molecular weight is 539 g/mol. The molecule has 2 aliphatic rings. The van der Waals surface area contributed by atoms with Crippen LogP contribution in [0.1, 0.15) is 12.0 Å². The van der Waals surface area contributed by atoms with E-state index < -0.39 is 41.2 Å². The van der Waals surface area contributed by atoms with Crippen molar-refractivity contribution in [3.8, 4) is 5.88 Å². The maximum atomic E-state index is 15.3. The summed E-state index contributed by atoms with van der Waals surface area (Å²) in [6, 6.07) is 0.626. The molecular weight excluding hydrogens is 514 g/mol. The van der Waals surface area contributed by atoms with Crippen LogP contribution in [0.2, 0.25) is 0 Å². The lowest BCUT2D eigenvalue weighted by Crippen LogP contribution is -2.54. The van der Waals surface area contributed by atoms with Crippen molar-refractivity contribution in [2.75, 3.05) is 43.6 Å². The second-order valence-corrected chi connectivity index (χ2v) is 9.31. The Morgan fingerprint density at radius 2 is 2.08 bits per heavy atom. The first-order valence-electron chi connectivity index (χ1n) is 11.8. The fraction of sp³-hybridized carbons (Fsp3) is 0.478. The molecule has 0 aliphatic carbocycles. The Hall–Kier alpha value is -3.88. The number of H-pyrrole nitrogens is 1. The number of urea groups is 1. The van der Waals surface area contributed by atoms with Gasteiger partial charge >= 0.3 is 12.2 Å². The van der Waals surface area contributed by atoms with Crippen LogP contribution in [0.3, 0.4) is 0 Å². The van der Waals surface area contributed by atoms with Gasteiger partial charge in [-0.2, -0.15) is 13.2 Å². The van der Waals surface area contributed by atoms with Gasteiger partial charge < -0.3 is 29.2 Å². The van der Waals surface area contributed by atoms with Crippen LogP contribution in [-0.2, 0) is 18.0 Å².